The molecule has 1 atom stereocenters. The Hall–Kier alpha value is -1.48. The lowest BCUT2D eigenvalue weighted by Gasteiger charge is -2.17. The van der Waals surface area contributed by atoms with Crippen molar-refractivity contribution in [1.82, 2.24) is 4.31 Å². The van der Waals surface area contributed by atoms with Crippen molar-refractivity contribution in [3.63, 3.8) is 0 Å². The number of sulfone groups is 1. The molecular weight excluding hydrogens is 390 g/mol. The molecule has 0 N–H and O–H groups in total. The summed E-state index contributed by atoms with van der Waals surface area (Å²) in [7, 11) is -7.03. The van der Waals surface area contributed by atoms with Crippen molar-refractivity contribution in [3.8, 4) is 0 Å². The van der Waals surface area contributed by atoms with Crippen molar-refractivity contribution in [2.45, 2.75) is 18.6 Å². The second-order valence-electron chi connectivity index (χ2n) is 6.32. The number of hydrogen-bond donors (Lipinski definition) is 0. The number of benzene rings is 1. The Bertz CT molecular complexity index is 976. The highest BCUT2D eigenvalue weighted by Crippen LogP contribution is 2.33. The van der Waals surface area contributed by atoms with Crippen LogP contribution in [-0.4, -0.2) is 40.0 Å². The Morgan fingerprint density at radius 1 is 1.15 bits per heavy atom. The van der Waals surface area contributed by atoms with Gasteiger partial charge in [0.2, 0.25) is 10.0 Å². The number of hydrogen-bond acceptors (Lipinski definition) is 5. The molecule has 140 valence electrons. The van der Waals surface area contributed by atoms with Crippen LogP contribution in [0.4, 0.5) is 0 Å². The fraction of sp³-hybridized carbons (Fsp3) is 0.333. The molecule has 1 aromatic carbocycles. The minimum absolute atomic E-state index is 0.00915. The molecule has 0 saturated carbocycles. The maximum absolute atomic E-state index is 12.6. The van der Waals surface area contributed by atoms with Crippen LogP contribution in [0, 0.1) is 6.92 Å². The molecule has 1 unspecified atom stereocenters. The molecule has 5 nitrogen and oxygen atoms in total. The number of sulfonamides is 1. The first kappa shape index (κ1) is 19.3. The van der Waals surface area contributed by atoms with Crippen LogP contribution in [0.15, 0.2) is 47.2 Å². The molecule has 0 spiro atoms. The molecule has 1 fully saturated rings. The van der Waals surface area contributed by atoms with Crippen LogP contribution in [0.2, 0.25) is 0 Å². The highest BCUT2D eigenvalue weighted by molar-refractivity contribution is 7.93. The summed E-state index contributed by atoms with van der Waals surface area (Å²) in [4.78, 5) is 0.777. The predicted octanol–water partition coefficient (Wildman–Crippen LogP) is 3.22. The predicted molar refractivity (Wildman–Crippen MR) is 106 cm³/mol. The van der Waals surface area contributed by atoms with Crippen molar-refractivity contribution < 1.29 is 16.8 Å². The van der Waals surface area contributed by atoms with Crippen LogP contribution in [-0.2, 0) is 19.9 Å². The van der Waals surface area contributed by atoms with Crippen LogP contribution >= 0.6 is 11.3 Å². The highest BCUT2D eigenvalue weighted by Gasteiger charge is 2.34. The summed E-state index contributed by atoms with van der Waals surface area (Å²) >= 11 is 1.40. The van der Waals surface area contributed by atoms with Gasteiger partial charge in [-0.3, -0.25) is 0 Å². The molecule has 0 radical (unpaired) electrons. The summed E-state index contributed by atoms with van der Waals surface area (Å²) < 4.78 is 51.6. The van der Waals surface area contributed by atoms with Crippen LogP contribution in [0.25, 0.3) is 6.08 Å². The van der Waals surface area contributed by atoms with E-state index in [1.54, 1.807) is 12.1 Å². The van der Waals surface area contributed by atoms with Gasteiger partial charge in [0.05, 0.1) is 11.0 Å². The average Bonchev–Trinajstić information content (AvgIpc) is 3.05. The first-order valence-corrected chi connectivity index (χ1v) is 12.4. The van der Waals surface area contributed by atoms with Gasteiger partial charge in [-0.05, 0) is 36.4 Å². The number of aryl methyl sites for hydroxylation is 1. The Morgan fingerprint density at radius 2 is 1.88 bits per heavy atom. The van der Waals surface area contributed by atoms with Gasteiger partial charge in [0.1, 0.15) is 0 Å². The van der Waals surface area contributed by atoms with Crippen molar-refractivity contribution in [2.75, 3.05) is 18.8 Å². The van der Waals surface area contributed by atoms with Gasteiger partial charge in [0.25, 0.3) is 0 Å². The summed E-state index contributed by atoms with van der Waals surface area (Å²) in [5.41, 5.74) is 1.89. The molecule has 1 aromatic heterocycles. The van der Waals surface area contributed by atoms with E-state index in [0.717, 1.165) is 21.4 Å². The summed E-state index contributed by atoms with van der Waals surface area (Å²) in [5, 5.41) is 2.38. The molecule has 0 amide bonds. The topological polar surface area (TPSA) is 71.5 Å². The number of nitrogens with zero attached hydrogens (tertiary/aromatic N) is 1. The van der Waals surface area contributed by atoms with E-state index in [0.29, 0.717) is 0 Å². The summed E-state index contributed by atoms with van der Waals surface area (Å²) in [6.07, 6.45) is 1.82. The maximum atomic E-state index is 12.6. The Kier molecular flexibility index (Phi) is 5.67. The normalized spacial score (nSPS) is 21.7. The Morgan fingerprint density at radius 3 is 2.54 bits per heavy atom. The van der Waals surface area contributed by atoms with Crippen molar-refractivity contribution in [1.29, 1.82) is 0 Å². The van der Waals surface area contributed by atoms with Gasteiger partial charge in [-0.25, -0.2) is 16.8 Å². The van der Waals surface area contributed by atoms with E-state index in [-0.39, 0.29) is 25.3 Å². The standard InChI is InChI=1S/C18H21NO4S3/c1-15-4-6-16(7-5-15)9-13-26(22,23)19-10-8-18(17-3-2-12-24-17)25(20,21)14-11-19/h2-7,9,12-13,18H,8,10-11,14H2,1H3/b13-9+. The van der Waals surface area contributed by atoms with E-state index < -0.39 is 25.1 Å². The fourth-order valence-corrected chi connectivity index (χ4v) is 7.23. The minimum Gasteiger partial charge on any atom is -0.228 e. The third-order valence-corrected chi connectivity index (χ3v) is 9.24. The quantitative estimate of drug-likeness (QED) is 0.774. The molecule has 1 saturated heterocycles. The SMILES string of the molecule is Cc1ccc(/C=C/S(=O)(=O)N2CCC(c3cccs3)S(=O)(=O)CC2)cc1. The molecule has 0 bridgehead atoms. The maximum Gasteiger partial charge on any atom is 0.236 e. The molecular formula is C18H21NO4S3. The fourth-order valence-electron chi connectivity index (χ4n) is 2.90. The van der Waals surface area contributed by atoms with Crippen LogP contribution in [0.3, 0.4) is 0 Å². The zero-order valence-electron chi connectivity index (χ0n) is 14.4. The lowest BCUT2D eigenvalue weighted by molar-refractivity contribution is 0.435. The summed E-state index contributed by atoms with van der Waals surface area (Å²) in [6.45, 7) is 2.15. The highest BCUT2D eigenvalue weighted by atomic mass is 32.2. The Labute approximate surface area is 158 Å². The van der Waals surface area contributed by atoms with E-state index in [1.165, 1.54) is 15.6 Å². The van der Waals surface area contributed by atoms with E-state index >= 15 is 0 Å². The molecule has 1 aliphatic rings. The molecule has 2 aromatic rings. The molecule has 8 heteroatoms. The average molecular weight is 412 g/mol. The van der Waals surface area contributed by atoms with Gasteiger partial charge >= 0.3 is 0 Å². The largest absolute Gasteiger partial charge is 0.236 e. The molecule has 1 aliphatic heterocycles. The smallest absolute Gasteiger partial charge is 0.228 e. The van der Waals surface area contributed by atoms with E-state index in [1.807, 2.05) is 42.6 Å². The zero-order chi connectivity index (χ0) is 18.8. The zero-order valence-corrected chi connectivity index (χ0v) is 16.9. The molecule has 3 rings (SSSR count). The Balaban J connectivity index is 1.78. The van der Waals surface area contributed by atoms with Crippen LogP contribution in [0.5, 0.6) is 0 Å². The first-order chi connectivity index (χ1) is 12.3. The van der Waals surface area contributed by atoms with E-state index in [9.17, 15) is 16.8 Å². The summed E-state index contributed by atoms with van der Waals surface area (Å²) in [6, 6.07) is 11.1. The third-order valence-electron chi connectivity index (χ3n) is 4.43. The van der Waals surface area contributed by atoms with Gasteiger partial charge < -0.3 is 0 Å². The van der Waals surface area contributed by atoms with Crippen LogP contribution in [0.1, 0.15) is 27.7 Å². The number of rotatable bonds is 4. The lowest BCUT2D eigenvalue weighted by Crippen LogP contribution is -2.32. The van der Waals surface area contributed by atoms with Gasteiger partial charge in [-0.2, -0.15) is 4.31 Å². The van der Waals surface area contributed by atoms with Gasteiger partial charge in [-0.1, -0.05) is 35.9 Å². The van der Waals surface area contributed by atoms with E-state index in [4.69, 9.17) is 0 Å². The molecule has 26 heavy (non-hydrogen) atoms. The monoisotopic (exact) mass is 411 g/mol. The lowest BCUT2D eigenvalue weighted by atomic mass is 10.2. The van der Waals surface area contributed by atoms with Crippen molar-refractivity contribution >= 4 is 37.3 Å². The van der Waals surface area contributed by atoms with Gasteiger partial charge in [-0.15, -0.1) is 11.3 Å². The molecule has 0 aliphatic carbocycles. The van der Waals surface area contributed by atoms with Crippen molar-refractivity contribution in [2.24, 2.45) is 0 Å². The minimum atomic E-state index is -3.67. The number of thiophene rings is 1. The molecule has 2 heterocycles. The van der Waals surface area contributed by atoms with E-state index in [2.05, 4.69) is 0 Å². The summed E-state index contributed by atoms with van der Waals surface area (Å²) in [5.74, 6) is -0.160. The first-order valence-electron chi connectivity index (χ1n) is 8.28. The van der Waals surface area contributed by atoms with Crippen molar-refractivity contribution in [3.05, 3.63) is 63.2 Å². The van der Waals surface area contributed by atoms with Gasteiger partial charge in [0, 0.05) is 23.4 Å². The third kappa shape index (κ3) is 4.43. The van der Waals surface area contributed by atoms with Crippen LogP contribution < -0.4 is 0 Å². The second-order valence-corrected chi connectivity index (χ2v) is 11.4. The second kappa shape index (κ2) is 7.64. The van der Waals surface area contributed by atoms with Gasteiger partial charge in [0.15, 0.2) is 9.84 Å².